The van der Waals surface area contributed by atoms with Crippen molar-refractivity contribution in [2.24, 2.45) is 0 Å². The molecule has 12 nitrogen and oxygen atoms in total. The van der Waals surface area contributed by atoms with Crippen molar-refractivity contribution in [1.82, 2.24) is 24.8 Å². The molecule has 3 aromatic heterocycles. The number of rotatable bonds is 8. The largest absolute Gasteiger partial charge is 0.465 e. The molecule has 0 aliphatic carbocycles. The molecule has 5 aromatic rings. The van der Waals surface area contributed by atoms with Crippen LogP contribution in [0.4, 0.5) is 16.4 Å². The Balaban J connectivity index is 1.30. The lowest BCUT2D eigenvalue weighted by atomic mass is 10.0. The number of piperidine rings is 1. The number of ether oxygens (including phenoxy) is 1. The molecule has 1 saturated heterocycles. The van der Waals surface area contributed by atoms with E-state index in [2.05, 4.69) is 30.0 Å². The number of carboxylic acid groups (broad SMARTS) is 1. The molecule has 13 heteroatoms. The van der Waals surface area contributed by atoms with Gasteiger partial charge < -0.3 is 20.1 Å². The summed E-state index contributed by atoms with van der Waals surface area (Å²) in [7, 11) is -3.87. The second-order valence-electron chi connectivity index (χ2n) is 10.3. The van der Waals surface area contributed by atoms with Crippen molar-refractivity contribution in [3.05, 3.63) is 91.0 Å². The van der Waals surface area contributed by atoms with E-state index in [-0.39, 0.29) is 10.9 Å². The molecule has 0 bridgehead atoms. The van der Waals surface area contributed by atoms with Gasteiger partial charge in [-0.3, -0.25) is 9.71 Å². The number of benzene rings is 2. The van der Waals surface area contributed by atoms with Crippen LogP contribution in [0.25, 0.3) is 22.0 Å². The summed E-state index contributed by atoms with van der Waals surface area (Å²) in [6, 6.07) is 17.3. The highest BCUT2D eigenvalue weighted by molar-refractivity contribution is 7.92. The van der Waals surface area contributed by atoms with Crippen molar-refractivity contribution in [3.63, 3.8) is 0 Å². The van der Waals surface area contributed by atoms with Crippen LogP contribution >= 0.6 is 0 Å². The summed E-state index contributed by atoms with van der Waals surface area (Å²) in [4.78, 5) is 30.3. The average Bonchev–Trinajstić information content (AvgIpc) is 3.03. The highest BCUT2D eigenvalue weighted by atomic mass is 32.2. The van der Waals surface area contributed by atoms with Gasteiger partial charge in [0, 0.05) is 54.7 Å². The molecule has 1 amide bonds. The Morgan fingerprint density at radius 2 is 1.86 bits per heavy atom. The molecule has 2 aromatic carbocycles. The molecular weight excluding hydrogens is 582 g/mol. The summed E-state index contributed by atoms with van der Waals surface area (Å²) >= 11 is 0. The lowest BCUT2D eigenvalue weighted by Gasteiger charge is -2.31. The standard InChI is InChI=1S/C31H29N7O5S/c1-20-11-12-23-24(8-2-10-27(23)37-44(41,42)22-7-3-14-32-18-22)28(20)43-29-25(9-4-15-33-29)26-13-16-34-30(36-26)35-21-6-5-17-38(19-21)31(39)40/h2-4,7-16,18,21,37H,5-6,17,19H2,1H3,(H,39,40)(H,34,35,36). The maximum Gasteiger partial charge on any atom is 0.407 e. The van der Waals surface area contributed by atoms with Gasteiger partial charge in [-0.25, -0.2) is 28.2 Å². The maximum atomic E-state index is 13.1. The van der Waals surface area contributed by atoms with E-state index in [0.717, 1.165) is 18.4 Å². The fraction of sp³-hybridized carbons (Fsp3) is 0.194. The molecule has 0 saturated carbocycles. The molecule has 1 atom stereocenters. The predicted octanol–water partition coefficient (Wildman–Crippen LogP) is 5.54. The quantitative estimate of drug-likeness (QED) is 0.203. The Kier molecular flexibility index (Phi) is 7.94. The second-order valence-corrected chi connectivity index (χ2v) is 12.0. The Morgan fingerprint density at radius 1 is 1.00 bits per heavy atom. The third-order valence-electron chi connectivity index (χ3n) is 7.32. The summed E-state index contributed by atoms with van der Waals surface area (Å²) in [5, 5.41) is 14.0. The first-order valence-corrected chi connectivity index (χ1v) is 15.4. The maximum absolute atomic E-state index is 13.1. The molecule has 1 aliphatic heterocycles. The van der Waals surface area contributed by atoms with Crippen molar-refractivity contribution in [1.29, 1.82) is 0 Å². The minimum Gasteiger partial charge on any atom is -0.465 e. The molecular formula is C31H29N7O5S. The number of anilines is 2. The second kappa shape index (κ2) is 12.1. The summed E-state index contributed by atoms with van der Waals surface area (Å²) in [6.07, 6.45) is 6.67. The topological polar surface area (TPSA) is 160 Å². The van der Waals surface area contributed by atoms with E-state index in [1.165, 1.54) is 23.4 Å². The number of nitrogens with one attached hydrogen (secondary N) is 2. The molecule has 0 radical (unpaired) electrons. The van der Waals surface area contributed by atoms with Gasteiger partial charge in [0.1, 0.15) is 10.6 Å². The number of amides is 1. The Bertz CT molecular complexity index is 1940. The highest BCUT2D eigenvalue weighted by Gasteiger charge is 2.24. The van der Waals surface area contributed by atoms with Gasteiger partial charge in [0.25, 0.3) is 10.0 Å². The number of hydrogen-bond acceptors (Lipinski definition) is 9. The number of aromatic nitrogens is 4. The number of hydrogen-bond donors (Lipinski definition) is 3. The highest BCUT2D eigenvalue weighted by Crippen LogP contribution is 2.39. The van der Waals surface area contributed by atoms with Crippen LogP contribution in [0.15, 0.2) is 90.3 Å². The van der Waals surface area contributed by atoms with Gasteiger partial charge in [-0.2, -0.15) is 0 Å². The van der Waals surface area contributed by atoms with Crippen molar-refractivity contribution in [2.45, 2.75) is 30.7 Å². The Labute approximate surface area is 253 Å². The van der Waals surface area contributed by atoms with E-state index < -0.39 is 16.1 Å². The van der Waals surface area contributed by atoms with Crippen LogP contribution in [0.2, 0.25) is 0 Å². The van der Waals surface area contributed by atoms with E-state index in [9.17, 15) is 18.3 Å². The van der Waals surface area contributed by atoms with Crippen LogP contribution in [0, 0.1) is 6.92 Å². The summed E-state index contributed by atoms with van der Waals surface area (Å²) in [5.41, 5.74) is 2.41. The minimum atomic E-state index is -3.87. The molecule has 44 heavy (non-hydrogen) atoms. The number of pyridine rings is 2. The fourth-order valence-electron chi connectivity index (χ4n) is 5.17. The zero-order chi connectivity index (χ0) is 30.7. The van der Waals surface area contributed by atoms with Crippen LogP contribution in [-0.4, -0.2) is 63.6 Å². The van der Waals surface area contributed by atoms with Gasteiger partial charge in [-0.1, -0.05) is 24.3 Å². The fourth-order valence-corrected chi connectivity index (χ4v) is 6.21. The van der Waals surface area contributed by atoms with Gasteiger partial charge in [0.05, 0.1) is 16.9 Å². The number of aryl methyl sites for hydroxylation is 1. The first-order valence-electron chi connectivity index (χ1n) is 13.9. The predicted molar refractivity (Wildman–Crippen MR) is 165 cm³/mol. The normalized spacial score (nSPS) is 15.1. The Hall–Kier alpha value is -5.30. The van der Waals surface area contributed by atoms with Gasteiger partial charge in [0.15, 0.2) is 0 Å². The van der Waals surface area contributed by atoms with Crippen LogP contribution in [-0.2, 0) is 10.0 Å². The summed E-state index contributed by atoms with van der Waals surface area (Å²) in [5.74, 6) is 1.21. The van der Waals surface area contributed by atoms with Crippen molar-refractivity contribution < 1.29 is 23.1 Å². The SMILES string of the molecule is Cc1ccc2c(NS(=O)(=O)c3cccnc3)cccc2c1Oc1ncccc1-c1ccnc(NC2CCCN(C(=O)O)C2)n1. The molecule has 1 fully saturated rings. The van der Waals surface area contributed by atoms with Crippen LogP contribution in [0.1, 0.15) is 18.4 Å². The lowest BCUT2D eigenvalue weighted by Crippen LogP contribution is -2.44. The van der Waals surface area contributed by atoms with Gasteiger partial charge in [-0.15, -0.1) is 0 Å². The van der Waals surface area contributed by atoms with Gasteiger partial charge in [0.2, 0.25) is 11.8 Å². The molecule has 1 aliphatic rings. The summed E-state index contributed by atoms with van der Waals surface area (Å²) < 4.78 is 35.2. The lowest BCUT2D eigenvalue weighted by molar-refractivity contribution is 0.132. The van der Waals surface area contributed by atoms with Crippen LogP contribution < -0.4 is 14.8 Å². The molecule has 3 N–H and O–H groups in total. The van der Waals surface area contributed by atoms with Crippen LogP contribution in [0.5, 0.6) is 11.6 Å². The Morgan fingerprint density at radius 3 is 2.68 bits per heavy atom. The third-order valence-corrected chi connectivity index (χ3v) is 8.68. The minimum absolute atomic E-state index is 0.0557. The van der Waals surface area contributed by atoms with Crippen LogP contribution in [0.3, 0.4) is 0 Å². The number of carbonyl (C=O) groups is 1. The monoisotopic (exact) mass is 611 g/mol. The number of likely N-dealkylation sites (tertiary alicyclic amines) is 1. The van der Waals surface area contributed by atoms with E-state index in [0.29, 0.717) is 58.4 Å². The molecule has 0 spiro atoms. The average molecular weight is 612 g/mol. The smallest absolute Gasteiger partial charge is 0.407 e. The first kappa shape index (κ1) is 28.8. The number of nitrogens with zero attached hydrogens (tertiary/aromatic N) is 5. The first-order chi connectivity index (χ1) is 21.3. The number of sulfonamides is 1. The molecule has 6 rings (SSSR count). The zero-order valence-electron chi connectivity index (χ0n) is 23.7. The van der Waals surface area contributed by atoms with Gasteiger partial charge >= 0.3 is 6.09 Å². The molecule has 1 unspecified atom stereocenters. The zero-order valence-corrected chi connectivity index (χ0v) is 24.5. The molecule has 4 heterocycles. The summed E-state index contributed by atoms with van der Waals surface area (Å²) in [6.45, 7) is 2.77. The van der Waals surface area contributed by atoms with E-state index in [1.54, 1.807) is 42.7 Å². The van der Waals surface area contributed by atoms with E-state index >= 15 is 0 Å². The van der Waals surface area contributed by atoms with Gasteiger partial charge in [-0.05, 0) is 61.7 Å². The third kappa shape index (κ3) is 6.08. The van der Waals surface area contributed by atoms with E-state index in [1.807, 2.05) is 31.2 Å². The van der Waals surface area contributed by atoms with Crippen molar-refractivity contribution >= 4 is 38.5 Å². The molecule has 224 valence electrons. The van der Waals surface area contributed by atoms with E-state index in [4.69, 9.17) is 4.74 Å². The van der Waals surface area contributed by atoms with Crippen molar-refractivity contribution in [2.75, 3.05) is 23.1 Å². The number of fused-ring (bicyclic) bond motifs is 1. The van der Waals surface area contributed by atoms with Crippen molar-refractivity contribution in [3.8, 4) is 22.9 Å².